The van der Waals surface area contributed by atoms with Gasteiger partial charge in [-0.05, 0) is 37.5 Å². The van der Waals surface area contributed by atoms with Crippen molar-refractivity contribution in [1.82, 2.24) is 4.90 Å². The molecule has 6 heteroatoms. The van der Waals surface area contributed by atoms with Gasteiger partial charge in [0, 0.05) is 23.8 Å². The first-order valence-electron chi connectivity index (χ1n) is 6.52. The van der Waals surface area contributed by atoms with Crippen LogP contribution >= 0.6 is 11.6 Å². The summed E-state index contributed by atoms with van der Waals surface area (Å²) in [6.45, 7) is 2.64. The first-order valence-corrected chi connectivity index (χ1v) is 6.89. The Morgan fingerprint density at radius 1 is 1.35 bits per heavy atom. The minimum absolute atomic E-state index is 0.378. The van der Waals surface area contributed by atoms with E-state index in [9.17, 15) is 14.7 Å². The largest absolute Gasteiger partial charge is 0.393 e. The van der Waals surface area contributed by atoms with Crippen LogP contribution in [0.5, 0.6) is 0 Å². The number of nitrogens with one attached hydrogen (secondary N) is 1. The van der Waals surface area contributed by atoms with Gasteiger partial charge in [0.1, 0.15) is 0 Å². The Kier molecular flexibility index (Phi) is 4.62. The van der Waals surface area contributed by atoms with E-state index in [0.29, 0.717) is 36.6 Å². The number of halogens is 1. The van der Waals surface area contributed by atoms with E-state index in [-0.39, 0.29) is 6.10 Å². The van der Waals surface area contributed by atoms with E-state index in [1.54, 1.807) is 18.2 Å². The third-order valence-electron chi connectivity index (χ3n) is 3.39. The van der Waals surface area contributed by atoms with Crippen LogP contribution in [0.2, 0.25) is 5.02 Å². The number of aryl methyl sites for hydroxylation is 1. The lowest BCUT2D eigenvalue weighted by atomic mass is 10.1. The Hall–Kier alpha value is -1.59. The van der Waals surface area contributed by atoms with Crippen LogP contribution < -0.4 is 5.32 Å². The molecule has 0 atom stereocenters. The summed E-state index contributed by atoms with van der Waals surface area (Å²) in [5.41, 5.74) is 1.37. The Bertz CT molecular complexity index is 525. The first kappa shape index (κ1) is 14.8. The van der Waals surface area contributed by atoms with Gasteiger partial charge in [0.05, 0.1) is 6.10 Å². The zero-order valence-electron chi connectivity index (χ0n) is 11.2. The number of piperidine rings is 1. The molecule has 1 heterocycles. The number of anilines is 1. The number of amides is 2. The summed E-state index contributed by atoms with van der Waals surface area (Å²) in [5, 5.41) is 12.5. The smallest absolute Gasteiger partial charge is 0.313 e. The van der Waals surface area contributed by atoms with Gasteiger partial charge >= 0.3 is 11.8 Å². The van der Waals surface area contributed by atoms with Crippen LogP contribution in [-0.2, 0) is 9.59 Å². The van der Waals surface area contributed by atoms with Gasteiger partial charge in [-0.25, -0.2) is 0 Å². The molecule has 2 rings (SSSR count). The molecule has 1 aliphatic rings. The second-order valence-corrected chi connectivity index (χ2v) is 5.37. The lowest BCUT2D eigenvalue weighted by Gasteiger charge is -2.29. The molecule has 2 amide bonds. The van der Waals surface area contributed by atoms with Gasteiger partial charge in [-0.15, -0.1) is 0 Å². The maximum atomic E-state index is 12.0. The van der Waals surface area contributed by atoms with E-state index in [1.165, 1.54) is 4.90 Å². The normalized spacial score (nSPS) is 16.1. The molecule has 0 spiro atoms. The van der Waals surface area contributed by atoms with E-state index in [2.05, 4.69) is 5.32 Å². The Labute approximate surface area is 122 Å². The van der Waals surface area contributed by atoms with Gasteiger partial charge in [0.25, 0.3) is 0 Å². The standard InChI is InChI=1S/C14H17ClN2O3/c1-9-2-3-10(15)8-12(9)16-13(19)14(20)17-6-4-11(18)5-7-17/h2-3,8,11,18H,4-7H2,1H3,(H,16,19). The number of likely N-dealkylation sites (tertiary alicyclic amines) is 1. The number of nitrogens with zero attached hydrogens (tertiary/aromatic N) is 1. The number of carbonyl (C=O) groups excluding carboxylic acids is 2. The van der Waals surface area contributed by atoms with Crippen molar-refractivity contribution in [2.75, 3.05) is 18.4 Å². The number of aliphatic hydroxyl groups is 1. The highest BCUT2D eigenvalue weighted by Gasteiger charge is 2.26. The third kappa shape index (κ3) is 3.49. The topological polar surface area (TPSA) is 69.6 Å². The molecule has 0 unspecified atom stereocenters. The zero-order valence-corrected chi connectivity index (χ0v) is 12.0. The van der Waals surface area contributed by atoms with Crippen molar-refractivity contribution < 1.29 is 14.7 Å². The predicted octanol–water partition coefficient (Wildman–Crippen LogP) is 1.57. The molecule has 0 aliphatic carbocycles. The van der Waals surface area contributed by atoms with E-state index in [4.69, 9.17) is 11.6 Å². The van der Waals surface area contributed by atoms with Crippen LogP contribution in [0.15, 0.2) is 18.2 Å². The Balaban J connectivity index is 2.01. The van der Waals surface area contributed by atoms with E-state index in [1.807, 2.05) is 6.92 Å². The molecule has 0 bridgehead atoms. The van der Waals surface area contributed by atoms with Crippen LogP contribution in [0, 0.1) is 6.92 Å². The minimum Gasteiger partial charge on any atom is -0.393 e. The lowest BCUT2D eigenvalue weighted by Crippen LogP contribution is -2.45. The van der Waals surface area contributed by atoms with Crippen molar-refractivity contribution in [3.63, 3.8) is 0 Å². The monoisotopic (exact) mass is 296 g/mol. The minimum atomic E-state index is -0.674. The van der Waals surface area contributed by atoms with Crippen LogP contribution in [0.3, 0.4) is 0 Å². The maximum Gasteiger partial charge on any atom is 0.313 e. The van der Waals surface area contributed by atoms with Crippen molar-refractivity contribution in [2.45, 2.75) is 25.9 Å². The van der Waals surface area contributed by atoms with E-state index in [0.717, 1.165) is 5.56 Å². The molecule has 1 aromatic carbocycles. The zero-order chi connectivity index (χ0) is 14.7. The summed E-state index contributed by atoms with van der Waals surface area (Å²) in [6.07, 6.45) is 0.641. The van der Waals surface area contributed by atoms with Crippen LogP contribution in [0.25, 0.3) is 0 Å². The van der Waals surface area contributed by atoms with Gasteiger partial charge in [-0.2, -0.15) is 0 Å². The molecule has 20 heavy (non-hydrogen) atoms. The number of carbonyl (C=O) groups is 2. The average Bonchev–Trinajstić information content (AvgIpc) is 2.43. The van der Waals surface area contributed by atoms with Crippen molar-refractivity contribution in [2.24, 2.45) is 0 Å². The average molecular weight is 297 g/mol. The first-order chi connectivity index (χ1) is 9.47. The summed E-state index contributed by atoms with van der Waals surface area (Å²) in [5.74, 6) is -1.25. The molecule has 5 nitrogen and oxygen atoms in total. The summed E-state index contributed by atoms with van der Waals surface area (Å²) in [4.78, 5) is 25.4. The summed E-state index contributed by atoms with van der Waals surface area (Å²) >= 11 is 5.87. The fourth-order valence-corrected chi connectivity index (χ4v) is 2.29. The molecule has 1 saturated heterocycles. The van der Waals surface area contributed by atoms with E-state index < -0.39 is 11.8 Å². The Morgan fingerprint density at radius 2 is 2.00 bits per heavy atom. The molecular weight excluding hydrogens is 280 g/mol. The van der Waals surface area contributed by atoms with Gasteiger partial charge in [0.2, 0.25) is 0 Å². The van der Waals surface area contributed by atoms with Crippen LogP contribution in [0.4, 0.5) is 5.69 Å². The third-order valence-corrected chi connectivity index (χ3v) is 3.63. The van der Waals surface area contributed by atoms with Gasteiger partial charge in [0.15, 0.2) is 0 Å². The van der Waals surface area contributed by atoms with Crippen molar-refractivity contribution >= 4 is 29.1 Å². The van der Waals surface area contributed by atoms with E-state index >= 15 is 0 Å². The molecule has 0 saturated carbocycles. The SMILES string of the molecule is Cc1ccc(Cl)cc1NC(=O)C(=O)N1CCC(O)CC1. The summed E-state index contributed by atoms with van der Waals surface area (Å²) < 4.78 is 0. The molecule has 1 aromatic rings. The molecule has 1 fully saturated rings. The summed E-state index contributed by atoms with van der Waals surface area (Å²) in [7, 11) is 0. The number of hydrogen-bond donors (Lipinski definition) is 2. The second-order valence-electron chi connectivity index (χ2n) is 4.94. The molecule has 108 valence electrons. The molecule has 0 radical (unpaired) electrons. The molecular formula is C14H17ClN2O3. The van der Waals surface area contributed by atoms with Crippen molar-refractivity contribution in [3.05, 3.63) is 28.8 Å². The highest BCUT2D eigenvalue weighted by molar-refractivity contribution is 6.39. The van der Waals surface area contributed by atoms with Gasteiger partial charge < -0.3 is 15.3 Å². The van der Waals surface area contributed by atoms with Crippen molar-refractivity contribution in [3.8, 4) is 0 Å². The van der Waals surface area contributed by atoms with Crippen LogP contribution in [0.1, 0.15) is 18.4 Å². The highest BCUT2D eigenvalue weighted by atomic mass is 35.5. The fraction of sp³-hybridized carbons (Fsp3) is 0.429. The molecule has 1 aliphatic heterocycles. The van der Waals surface area contributed by atoms with Gasteiger partial charge in [-0.3, -0.25) is 9.59 Å². The number of aliphatic hydroxyl groups excluding tert-OH is 1. The fourth-order valence-electron chi connectivity index (χ4n) is 2.12. The number of benzene rings is 1. The molecule has 0 aromatic heterocycles. The maximum absolute atomic E-state index is 12.0. The quantitative estimate of drug-likeness (QED) is 0.773. The number of hydrogen-bond acceptors (Lipinski definition) is 3. The molecule has 2 N–H and O–H groups in total. The highest BCUT2D eigenvalue weighted by Crippen LogP contribution is 2.20. The van der Waals surface area contributed by atoms with Gasteiger partial charge in [-0.1, -0.05) is 17.7 Å². The lowest BCUT2D eigenvalue weighted by molar-refractivity contribution is -0.144. The number of rotatable bonds is 1. The predicted molar refractivity (Wildman–Crippen MR) is 76.6 cm³/mol. The Morgan fingerprint density at radius 3 is 2.65 bits per heavy atom. The second kappa shape index (κ2) is 6.24. The van der Waals surface area contributed by atoms with Crippen molar-refractivity contribution in [1.29, 1.82) is 0 Å². The van der Waals surface area contributed by atoms with Crippen LogP contribution in [-0.4, -0.2) is 41.0 Å². The summed E-state index contributed by atoms with van der Waals surface area (Å²) in [6, 6.07) is 5.11.